The SMILES string of the molecule is Cc1cc(C)cc(NC(=O)CN2C(=O)N(c3cc(C)cc(C)c3)[C@@H]3CS(=O)(=O)C[C@H]32)c1. The maximum absolute atomic E-state index is 13.3. The van der Waals surface area contributed by atoms with Crippen LogP contribution >= 0.6 is 0 Å². The maximum atomic E-state index is 13.3. The van der Waals surface area contributed by atoms with E-state index in [0.29, 0.717) is 11.4 Å². The van der Waals surface area contributed by atoms with Crippen molar-refractivity contribution < 1.29 is 18.0 Å². The van der Waals surface area contributed by atoms with Crippen LogP contribution in [0.3, 0.4) is 0 Å². The molecular formula is C23H27N3O4S. The van der Waals surface area contributed by atoms with Crippen molar-refractivity contribution in [3.8, 4) is 0 Å². The number of carbonyl (C=O) groups excluding carboxylic acids is 2. The van der Waals surface area contributed by atoms with Gasteiger partial charge in [-0.1, -0.05) is 12.1 Å². The minimum absolute atomic E-state index is 0.0917. The molecular weight excluding hydrogens is 414 g/mol. The summed E-state index contributed by atoms with van der Waals surface area (Å²) in [7, 11) is -3.30. The molecule has 2 aliphatic heterocycles. The fourth-order valence-corrected chi connectivity index (χ4v) is 6.71. The van der Waals surface area contributed by atoms with Gasteiger partial charge in [0.05, 0.1) is 23.6 Å². The van der Waals surface area contributed by atoms with E-state index >= 15 is 0 Å². The van der Waals surface area contributed by atoms with E-state index < -0.39 is 21.9 Å². The Balaban J connectivity index is 1.61. The van der Waals surface area contributed by atoms with Crippen LogP contribution < -0.4 is 10.2 Å². The molecule has 2 saturated heterocycles. The number of carbonyl (C=O) groups is 2. The van der Waals surface area contributed by atoms with Crippen LogP contribution in [0.25, 0.3) is 0 Å². The summed E-state index contributed by atoms with van der Waals surface area (Å²) in [5, 5.41) is 2.84. The number of nitrogens with zero attached hydrogens (tertiary/aromatic N) is 2. The third-order valence-corrected chi connectivity index (χ3v) is 7.48. The van der Waals surface area contributed by atoms with E-state index in [1.54, 1.807) is 4.90 Å². The average Bonchev–Trinajstić information content (AvgIpc) is 3.03. The lowest BCUT2D eigenvalue weighted by molar-refractivity contribution is -0.116. The van der Waals surface area contributed by atoms with Crippen LogP contribution in [0.15, 0.2) is 36.4 Å². The zero-order valence-electron chi connectivity index (χ0n) is 18.2. The van der Waals surface area contributed by atoms with Gasteiger partial charge in [-0.3, -0.25) is 9.69 Å². The molecule has 0 spiro atoms. The van der Waals surface area contributed by atoms with Gasteiger partial charge in [0.2, 0.25) is 5.91 Å². The van der Waals surface area contributed by atoms with Gasteiger partial charge in [0, 0.05) is 11.4 Å². The highest BCUT2D eigenvalue weighted by atomic mass is 32.2. The van der Waals surface area contributed by atoms with E-state index in [2.05, 4.69) is 5.32 Å². The maximum Gasteiger partial charge on any atom is 0.325 e. The van der Waals surface area contributed by atoms with Crippen LogP contribution in [-0.2, 0) is 14.6 Å². The summed E-state index contributed by atoms with van der Waals surface area (Å²) < 4.78 is 24.8. The summed E-state index contributed by atoms with van der Waals surface area (Å²) in [6.07, 6.45) is 0. The van der Waals surface area contributed by atoms with Crippen molar-refractivity contribution in [3.63, 3.8) is 0 Å². The highest BCUT2D eigenvalue weighted by Gasteiger charge is 2.54. The third-order valence-electron chi connectivity index (χ3n) is 5.78. The second-order valence-corrected chi connectivity index (χ2v) is 10.9. The Kier molecular flexibility index (Phi) is 5.29. The minimum atomic E-state index is -3.30. The zero-order chi connectivity index (χ0) is 22.5. The largest absolute Gasteiger partial charge is 0.325 e. The molecule has 0 aliphatic carbocycles. The Morgan fingerprint density at radius 3 is 2.00 bits per heavy atom. The van der Waals surface area contributed by atoms with Crippen molar-refractivity contribution >= 4 is 33.2 Å². The molecule has 8 heteroatoms. The summed E-state index contributed by atoms with van der Waals surface area (Å²) in [6, 6.07) is 10.1. The Labute approximate surface area is 183 Å². The number of hydrogen-bond donors (Lipinski definition) is 1. The normalized spacial score (nSPS) is 22.0. The Hall–Kier alpha value is -2.87. The van der Waals surface area contributed by atoms with Crippen molar-refractivity contribution in [1.82, 2.24) is 4.90 Å². The smallest absolute Gasteiger partial charge is 0.325 e. The summed E-state index contributed by atoms with van der Waals surface area (Å²) in [5.74, 6) is -0.559. The molecule has 3 amide bonds. The summed E-state index contributed by atoms with van der Waals surface area (Å²) in [6.45, 7) is 7.58. The summed E-state index contributed by atoms with van der Waals surface area (Å²) in [5.41, 5.74) is 5.37. The van der Waals surface area contributed by atoms with Gasteiger partial charge < -0.3 is 10.2 Å². The first-order valence-corrected chi connectivity index (χ1v) is 12.1. The van der Waals surface area contributed by atoms with E-state index in [1.165, 1.54) is 4.90 Å². The number of amides is 3. The topological polar surface area (TPSA) is 86.8 Å². The average molecular weight is 442 g/mol. The Morgan fingerprint density at radius 1 is 0.903 bits per heavy atom. The number of aryl methyl sites for hydroxylation is 4. The molecule has 7 nitrogen and oxygen atoms in total. The van der Waals surface area contributed by atoms with Crippen LogP contribution in [-0.4, -0.2) is 55.4 Å². The number of fused-ring (bicyclic) bond motifs is 1. The molecule has 0 unspecified atom stereocenters. The summed E-state index contributed by atoms with van der Waals surface area (Å²) in [4.78, 5) is 29.1. The standard InChI is InChI=1S/C23H27N3O4S/c1-14-5-15(2)8-18(7-14)24-22(27)11-25-20-12-31(29,30)13-21(20)26(23(25)28)19-9-16(3)6-17(4)10-19/h5-10,20-21H,11-13H2,1-4H3,(H,24,27)/t20-,21-/m1/s1. The Morgan fingerprint density at radius 2 is 1.42 bits per heavy atom. The lowest BCUT2D eigenvalue weighted by Gasteiger charge is -2.23. The van der Waals surface area contributed by atoms with Gasteiger partial charge >= 0.3 is 6.03 Å². The molecule has 164 valence electrons. The number of sulfone groups is 1. The second kappa shape index (κ2) is 7.67. The van der Waals surface area contributed by atoms with Crippen LogP contribution in [0.5, 0.6) is 0 Å². The molecule has 1 N–H and O–H groups in total. The molecule has 2 heterocycles. The van der Waals surface area contributed by atoms with E-state index in [4.69, 9.17) is 0 Å². The molecule has 2 aliphatic rings. The third kappa shape index (κ3) is 4.30. The van der Waals surface area contributed by atoms with Crippen molar-refractivity contribution in [2.24, 2.45) is 0 Å². The quantitative estimate of drug-likeness (QED) is 0.739. The van der Waals surface area contributed by atoms with E-state index in [1.807, 2.05) is 64.1 Å². The number of urea groups is 1. The first-order chi connectivity index (χ1) is 14.5. The molecule has 2 atom stereocenters. The molecule has 2 aromatic rings. The lowest BCUT2D eigenvalue weighted by Crippen LogP contribution is -2.42. The van der Waals surface area contributed by atoms with E-state index in [0.717, 1.165) is 22.3 Å². The van der Waals surface area contributed by atoms with Gasteiger partial charge in [-0.25, -0.2) is 13.2 Å². The van der Waals surface area contributed by atoms with Crippen LogP contribution in [0.2, 0.25) is 0 Å². The second-order valence-electron chi connectivity index (χ2n) is 8.76. The molecule has 31 heavy (non-hydrogen) atoms. The minimum Gasteiger partial charge on any atom is -0.325 e. The lowest BCUT2D eigenvalue weighted by atomic mass is 10.1. The first-order valence-electron chi connectivity index (χ1n) is 10.3. The van der Waals surface area contributed by atoms with Gasteiger partial charge in [0.25, 0.3) is 0 Å². The fourth-order valence-electron chi connectivity index (χ4n) is 4.76. The van der Waals surface area contributed by atoms with Crippen molar-refractivity contribution in [3.05, 3.63) is 58.7 Å². The predicted molar refractivity (Wildman–Crippen MR) is 121 cm³/mol. The van der Waals surface area contributed by atoms with Gasteiger partial charge in [0.15, 0.2) is 9.84 Å². The fraction of sp³-hybridized carbons (Fsp3) is 0.391. The zero-order valence-corrected chi connectivity index (χ0v) is 19.0. The molecule has 0 saturated carbocycles. The van der Waals surface area contributed by atoms with Gasteiger partial charge in [0.1, 0.15) is 6.54 Å². The van der Waals surface area contributed by atoms with E-state index in [-0.39, 0.29) is 30.0 Å². The highest BCUT2D eigenvalue weighted by Crippen LogP contribution is 2.35. The van der Waals surface area contributed by atoms with Gasteiger partial charge in [-0.2, -0.15) is 0 Å². The van der Waals surface area contributed by atoms with Crippen LogP contribution in [0.1, 0.15) is 22.3 Å². The molecule has 2 aromatic carbocycles. The molecule has 0 aromatic heterocycles. The molecule has 4 rings (SSSR count). The van der Waals surface area contributed by atoms with Crippen molar-refractivity contribution in [2.45, 2.75) is 39.8 Å². The number of nitrogens with one attached hydrogen (secondary N) is 1. The Bertz CT molecular complexity index is 1130. The van der Waals surface area contributed by atoms with Crippen molar-refractivity contribution in [1.29, 1.82) is 0 Å². The number of hydrogen-bond acceptors (Lipinski definition) is 4. The van der Waals surface area contributed by atoms with Crippen molar-refractivity contribution in [2.75, 3.05) is 28.3 Å². The number of rotatable bonds is 4. The highest BCUT2D eigenvalue weighted by molar-refractivity contribution is 7.91. The van der Waals surface area contributed by atoms with Gasteiger partial charge in [-0.05, 0) is 74.2 Å². The molecule has 2 fully saturated rings. The monoisotopic (exact) mass is 441 g/mol. The number of anilines is 2. The molecule has 0 bridgehead atoms. The van der Waals surface area contributed by atoms with Crippen LogP contribution in [0.4, 0.5) is 16.2 Å². The first kappa shape index (κ1) is 21.4. The number of benzene rings is 2. The van der Waals surface area contributed by atoms with Gasteiger partial charge in [-0.15, -0.1) is 0 Å². The summed E-state index contributed by atoms with van der Waals surface area (Å²) >= 11 is 0. The molecule has 0 radical (unpaired) electrons. The predicted octanol–water partition coefficient (Wildman–Crippen LogP) is 2.97. The van der Waals surface area contributed by atoms with E-state index in [9.17, 15) is 18.0 Å². The van der Waals surface area contributed by atoms with Crippen LogP contribution in [0, 0.1) is 27.7 Å².